The fourth-order valence-electron chi connectivity index (χ4n) is 1.31. The average Bonchev–Trinajstić information content (AvgIpc) is 2.44. The zero-order chi connectivity index (χ0) is 13.2. The highest BCUT2D eigenvalue weighted by atomic mass is 35.5. The molecule has 0 bridgehead atoms. The highest BCUT2D eigenvalue weighted by Crippen LogP contribution is 2.19. The molecule has 0 aromatic heterocycles. The van der Waals surface area contributed by atoms with E-state index in [0.717, 1.165) is 0 Å². The topological polar surface area (TPSA) is 85.0 Å². The molecule has 17 heavy (non-hydrogen) atoms. The Morgan fingerprint density at radius 3 is 2.59 bits per heavy atom. The second kappa shape index (κ2) is 4.91. The molecule has 0 radical (unpaired) electrons. The van der Waals surface area contributed by atoms with Crippen molar-refractivity contribution >= 4 is 29.2 Å². The van der Waals surface area contributed by atoms with E-state index >= 15 is 0 Å². The van der Waals surface area contributed by atoms with E-state index in [2.05, 4.69) is 5.10 Å². The average molecular weight is 262 g/mol. The third-order valence-electron chi connectivity index (χ3n) is 1.93. The molecular formula is C10H16ClN3O3. The van der Waals surface area contributed by atoms with Gasteiger partial charge in [0.1, 0.15) is 23.4 Å². The van der Waals surface area contributed by atoms with Crippen LogP contribution in [0.4, 0.5) is 0 Å². The summed E-state index contributed by atoms with van der Waals surface area (Å²) >= 11 is 5.93. The Labute approximate surface area is 105 Å². The summed E-state index contributed by atoms with van der Waals surface area (Å²) in [6.45, 7) is 5.21. The standard InChI is InChI=1S/C10H16ClN3O3/c1-10(2,3)17-8(15)5-14-7(11)4-6(13-14)9(12)16/h7H,4-5H2,1-3H3,(H2,12,16). The van der Waals surface area contributed by atoms with E-state index in [1.54, 1.807) is 20.8 Å². The summed E-state index contributed by atoms with van der Waals surface area (Å²) in [5.74, 6) is -1.07. The maximum Gasteiger partial charge on any atom is 0.327 e. The first-order valence-electron chi connectivity index (χ1n) is 5.19. The predicted octanol–water partition coefficient (Wildman–Crippen LogP) is 0.440. The summed E-state index contributed by atoms with van der Waals surface area (Å²) < 4.78 is 5.12. The Morgan fingerprint density at radius 1 is 1.59 bits per heavy atom. The largest absolute Gasteiger partial charge is 0.459 e. The van der Waals surface area contributed by atoms with Gasteiger partial charge in [-0.1, -0.05) is 11.6 Å². The van der Waals surface area contributed by atoms with Crippen LogP contribution in [0.5, 0.6) is 0 Å². The lowest BCUT2D eigenvalue weighted by Crippen LogP contribution is -2.33. The minimum Gasteiger partial charge on any atom is -0.459 e. The molecule has 96 valence electrons. The quantitative estimate of drug-likeness (QED) is 0.454. The van der Waals surface area contributed by atoms with E-state index in [1.807, 2.05) is 0 Å². The van der Waals surface area contributed by atoms with Gasteiger partial charge in [0.15, 0.2) is 0 Å². The molecule has 0 saturated heterocycles. The number of nitrogens with two attached hydrogens (primary N) is 1. The van der Waals surface area contributed by atoms with Crippen molar-refractivity contribution in [3.63, 3.8) is 0 Å². The number of ether oxygens (including phenoxy) is 1. The van der Waals surface area contributed by atoms with Crippen LogP contribution in [0.25, 0.3) is 0 Å². The number of hydrogen-bond acceptors (Lipinski definition) is 5. The number of halogens is 1. The van der Waals surface area contributed by atoms with Crippen LogP contribution in [-0.4, -0.2) is 40.2 Å². The highest BCUT2D eigenvalue weighted by Gasteiger charge is 2.30. The van der Waals surface area contributed by atoms with E-state index in [1.165, 1.54) is 5.01 Å². The number of rotatable bonds is 3. The Bertz CT molecular complexity index is 362. The molecular weight excluding hydrogens is 246 g/mol. The number of carbonyl (C=O) groups excluding carboxylic acids is 2. The van der Waals surface area contributed by atoms with E-state index in [9.17, 15) is 9.59 Å². The van der Waals surface area contributed by atoms with Gasteiger partial charge in [-0.25, -0.2) is 0 Å². The fraction of sp³-hybridized carbons (Fsp3) is 0.700. The Morgan fingerprint density at radius 2 is 2.18 bits per heavy atom. The minimum absolute atomic E-state index is 0.0950. The molecule has 2 N–H and O–H groups in total. The minimum atomic E-state index is -0.623. The van der Waals surface area contributed by atoms with Crippen molar-refractivity contribution in [2.75, 3.05) is 6.54 Å². The number of hydrazone groups is 1. The van der Waals surface area contributed by atoms with Crippen LogP contribution in [0.3, 0.4) is 0 Å². The molecule has 1 aliphatic rings. The maximum atomic E-state index is 11.5. The van der Waals surface area contributed by atoms with Crippen molar-refractivity contribution in [2.24, 2.45) is 10.8 Å². The number of carbonyl (C=O) groups is 2. The number of primary amides is 1. The summed E-state index contributed by atoms with van der Waals surface area (Å²) in [4.78, 5) is 22.4. The van der Waals surface area contributed by atoms with Gasteiger partial charge in [0, 0.05) is 6.42 Å². The summed E-state index contributed by atoms with van der Waals surface area (Å²) in [5.41, 5.74) is 4.16. The Kier molecular flexibility index (Phi) is 3.98. The van der Waals surface area contributed by atoms with E-state index in [0.29, 0.717) is 0 Å². The van der Waals surface area contributed by atoms with Gasteiger partial charge >= 0.3 is 5.97 Å². The molecule has 0 aromatic rings. The van der Waals surface area contributed by atoms with Gasteiger partial charge in [0.2, 0.25) is 0 Å². The molecule has 0 saturated carbocycles. The number of esters is 1. The number of amides is 1. The molecule has 1 atom stereocenters. The lowest BCUT2D eigenvalue weighted by atomic mass is 10.2. The van der Waals surface area contributed by atoms with Crippen LogP contribution in [0.1, 0.15) is 27.2 Å². The second-order valence-corrected chi connectivity index (χ2v) is 5.24. The first kappa shape index (κ1) is 13.8. The fourth-order valence-corrected chi connectivity index (χ4v) is 1.57. The van der Waals surface area contributed by atoms with Crippen LogP contribution >= 0.6 is 11.6 Å². The van der Waals surface area contributed by atoms with Crippen LogP contribution in [0.2, 0.25) is 0 Å². The first-order valence-corrected chi connectivity index (χ1v) is 5.62. The Hall–Kier alpha value is -1.30. The van der Waals surface area contributed by atoms with Gasteiger partial charge in [-0.3, -0.25) is 14.6 Å². The van der Waals surface area contributed by atoms with Crippen molar-refractivity contribution in [2.45, 2.75) is 38.3 Å². The second-order valence-electron chi connectivity index (χ2n) is 4.73. The molecule has 0 aliphatic carbocycles. The van der Waals surface area contributed by atoms with Crippen molar-refractivity contribution in [3.05, 3.63) is 0 Å². The zero-order valence-corrected chi connectivity index (χ0v) is 10.8. The lowest BCUT2D eigenvalue weighted by Gasteiger charge is -2.22. The monoisotopic (exact) mass is 261 g/mol. The number of nitrogens with zero attached hydrogens (tertiary/aromatic N) is 2. The zero-order valence-electron chi connectivity index (χ0n) is 10.1. The highest BCUT2D eigenvalue weighted by molar-refractivity contribution is 6.40. The summed E-state index contributed by atoms with van der Waals surface area (Å²) in [6, 6.07) is 0. The number of alkyl halides is 1. The maximum absolute atomic E-state index is 11.5. The Balaban J connectivity index is 2.58. The third-order valence-corrected chi connectivity index (χ3v) is 2.31. The van der Waals surface area contributed by atoms with Crippen molar-refractivity contribution in [3.8, 4) is 0 Å². The lowest BCUT2D eigenvalue weighted by molar-refractivity contribution is -0.156. The van der Waals surface area contributed by atoms with Crippen molar-refractivity contribution in [1.82, 2.24) is 5.01 Å². The van der Waals surface area contributed by atoms with Crippen LogP contribution in [-0.2, 0) is 14.3 Å². The van der Waals surface area contributed by atoms with Crippen molar-refractivity contribution < 1.29 is 14.3 Å². The van der Waals surface area contributed by atoms with Gasteiger partial charge in [-0.05, 0) is 20.8 Å². The molecule has 1 heterocycles. The normalized spacial score (nSPS) is 20.1. The van der Waals surface area contributed by atoms with Gasteiger partial charge < -0.3 is 10.5 Å². The molecule has 1 amide bonds. The third kappa shape index (κ3) is 4.22. The number of hydrogen-bond donors (Lipinski definition) is 1. The molecule has 7 heteroatoms. The van der Waals surface area contributed by atoms with Crippen LogP contribution < -0.4 is 5.73 Å². The molecule has 1 rings (SSSR count). The van der Waals surface area contributed by atoms with Gasteiger partial charge in [-0.2, -0.15) is 5.10 Å². The molecule has 0 spiro atoms. The van der Waals surface area contributed by atoms with Gasteiger partial charge in [-0.15, -0.1) is 0 Å². The summed E-state index contributed by atoms with van der Waals surface area (Å²) in [6.07, 6.45) is 0.236. The molecule has 0 fully saturated rings. The summed E-state index contributed by atoms with van der Waals surface area (Å²) in [7, 11) is 0. The molecule has 1 aliphatic heterocycles. The van der Waals surface area contributed by atoms with Crippen molar-refractivity contribution in [1.29, 1.82) is 0 Å². The van der Waals surface area contributed by atoms with Gasteiger partial charge in [0.05, 0.1) is 0 Å². The molecule has 0 aromatic carbocycles. The van der Waals surface area contributed by atoms with E-state index < -0.39 is 23.0 Å². The smallest absolute Gasteiger partial charge is 0.327 e. The van der Waals surface area contributed by atoms with Crippen LogP contribution in [0.15, 0.2) is 5.10 Å². The molecule has 6 nitrogen and oxygen atoms in total. The molecule has 1 unspecified atom stereocenters. The van der Waals surface area contributed by atoms with E-state index in [-0.39, 0.29) is 18.7 Å². The summed E-state index contributed by atoms with van der Waals surface area (Å²) in [5, 5.41) is 5.18. The first-order chi connectivity index (χ1) is 7.69. The predicted molar refractivity (Wildman–Crippen MR) is 63.4 cm³/mol. The van der Waals surface area contributed by atoms with Crippen LogP contribution in [0, 0.1) is 0 Å². The van der Waals surface area contributed by atoms with Gasteiger partial charge in [0.25, 0.3) is 5.91 Å². The SMILES string of the molecule is CC(C)(C)OC(=O)CN1N=C(C(N)=O)CC1Cl. The van der Waals surface area contributed by atoms with E-state index in [4.69, 9.17) is 22.1 Å².